The molecule has 0 fully saturated rings. The van der Waals surface area contributed by atoms with Crippen LogP contribution in [-0.4, -0.2) is 29.8 Å². The molecule has 0 aliphatic carbocycles. The number of hydrogen-bond donors (Lipinski definition) is 1. The molecule has 0 bridgehead atoms. The first kappa shape index (κ1) is 16.2. The Labute approximate surface area is 117 Å². The number of benzene rings is 1. The maximum atomic E-state index is 12.7. The summed E-state index contributed by atoms with van der Waals surface area (Å²) in [4.78, 5) is 0. The van der Waals surface area contributed by atoms with E-state index in [0.29, 0.717) is 0 Å². The molecular weight excluding hydrogens is 308 g/mol. The molecule has 0 amide bonds. The van der Waals surface area contributed by atoms with E-state index >= 15 is 0 Å². The van der Waals surface area contributed by atoms with Crippen molar-refractivity contribution < 1.29 is 27.8 Å². The largest absolute Gasteiger partial charge is 0.496 e. The van der Waals surface area contributed by atoms with Gasteiger partial charge in [0.05, 0.1) is 19.8 Å². The lowest BCUT2D eigenvalue weighted by Gasteiger charge is -2.29. The van der Waals surface area contributed by atoms with Crippen molar-refractivity contribution in [3.05, 3.63) is 23.8 Å². The molecule has 0 radical (unpaired) electrons. The first-order valence-corrected chi connectivity index (χ1v) is 5.76. The molecule has 0 heterocycles. The molecule has 0 aromatic heterocycles. The molecule has 1 rings (SSSR count). The van der Waals surface area contributed by atoms with Crippen LogP contribution in [0.5, 0.6) is 11.5 Å². The Bertz CT molecular complexity index is 427. The van der Waals surface area contributed by atoms with Gasteiger partial charge in [0.25, 0.3) is 0 Å². The average molecular weight is 319 g/mol. The Morgan fingerprint density at radius 2 is 1.53 bits per heavy atom. The zero-order valence-corrected chi connectivity index (χ0v) is 11.5. The van der Waals surface area contributed by atoms with E-state index in [1.165, 1.54) is 32.4 Å². The Kier molecular flexibility index (Phi) is 4.81. The molecule has 1 aromatic rings. The fourth-order valence-corrected chi connectivity index (χ4v) is 1.70. The summed E-state index contributed by atoms with van der Waals surface area (Å²) in [7, 11) is 2.48. The highest BCUT2D eigenvalue weighted by Gasteiger charge is 2.59. The molecule has 0 aliphatic heterocycles. The van der Waals surface area contributed by atoms with Gasteiger partial charge in [-0.25, -0.2) is 0 Å². The molecule has 1 N–H and O–H groups in total. The van der Waals surface area contributed by atoms with Gasteiger partial charge in [0.15, 0.2) is 0 Å². The maximum absolute atomic E-state index is 12.7. The van der Waals surface area contributed by atoms with E-state index in [-0.39, 0.29) is 17.1 Å². The maximum Gasteiger partial charge on any atom is 0.424 e. The quantitative estimate of drug-likeness (QED) is 0.864. The van der Waals surface area contributed by atoms with Crippen molar-refractivity contribution in [2.24, 2.45) is 0 Å². The molecule has 0 saturated carbocycles. The minimum Gasteiger partial charge on any atom is -0.496 e. The van der Waals surface area contributed by atoms with Crippen molar-refractivity contribution in [2.45, 2.75) is 16.6 Å². The molecule has 8 heteroatoms. The van der Waals surface area contributed by atoms with Gasteiger partial charge in [-0.05, 0) is 12.1 Å². The minimum atomic E-state index is -5.03. The summed E-state index contributed by atoms with van der Waals surface area (Å²) in [6.45, 7) is 0. The third-order valence-electron chi connectivity index (χ3n) is 2.46. The Morgan fingerprint density at radius 3 is 1.84 bits per heavy atom. The van der Waals surface area contributed by atoms with Crippen LogP contribution in [0.4, 0.5) is 13.2 Å². The fourth-order valence-electron chi connectivity index (χ4n) is 1.49. The van der Waals surface area contributed by atoms with Crippen molar-refractivity contribution in [1.82, 2.24) is 0 Å². The second-order valence-electron chi connectivity index (χ2n) is 3.60. The van der Waals surface area contributed by atoms with Gasteiger partial charge in [-0.1, -0.05) is 29.3 Å². The number of aliphatic hydroxyl groups is 1. The van der Waals surface area contributed by atoms with Crippen LogP contribution >= 0.6 is 23.2 Å². The summed E-state index contributed by atoms with van der Waals surface area (Å²) in [6, 6.07) is 4.22. The molecule has 108 valence electrons. The van der Waals surface area contributed by atoms with Crippen LogP contribution in [0.2, 0.25) is 0 Å². The van der Waals surface area contributed by atoms with Gasteiger partial charge in [0.1, 0.15) is 17.6 Å². The monoisotopic (exact) mass is 318 g/mol. The second-order valence-corrected chi connectivity index (χ2v) is 4.99. The molecule has 0 saturated heterocycles. The van der Waals surface area contributed by atoms with E-state index in [1.807, 2.05) is 0 Å². The Balaban J connectivity index is 3.37. The predicted octanol–water partition coefficient (Wildman–Crippen LogP) is 3.47. The van der Waals surface area contributed by atoms with E-state index in [2.05, 4.69) is 0 Å². The number of alkyl halides is 5. The van der Waals surface area contributed by atoms with E-state index < -0.39 is 16.6 Å². The molecule has 1 atom stereocenters. The van der Waals surface area contributed by atoms with Crippen LogP contribution in [0.15, 0.2) is 18.2 Å². The highest BCUT2D eigenvalue weighted by atomic mass is 35.5. The van der Waals surface area contributed by atoms with Crippen LogP contribution in [-0.2, 0) is 0 Å². The van der Waals surface area contributed by atoms with Crippen LogP contribution in [0, 0.1) is 0 Å². The van der Waals surface area contributed by atoms with Crippen molar-refractivity contribution in [3.63, 3.8) is 0 Å². The number of aliphatic hydroxyl groups excluding tert-OH is 1. The van der Waals surface area contributed by atoms with Crippen molar-refractivity contribution >= 4 is 23.2 Å². The SMILES string of the molecule is COc1cccc(OC)c1C(O)C(Cl)(Cl)C(F)(F)F. The van der Waals surface area contributed by atoms with Crippen LogP contribution in [0.3, 0.4) is 0 Å². The van der Waals surface area contributed by atoms with Crippen molar-refractivity contribution in [1.29, 1.82) is 0 Å². The summed E-state index contributed by atoms with van der Waals surface area (Å²) >= 11 is 10.5. The van der Waals surface area contributed by atoms with Crippen molar-refractivity contribution in [2.75, 3.05) is 14.2 Å². The van der Waals surface area contributed by atoms with E-state index in [0.717, 1.165) is 0 Å². The Morgan fingerprint density at radius 1 is 1.11 bits per heavy atom. The van der Waals surface area contributed by atoms with Gasteiger partial charge >= 0.3 is 6.18 Å². The van der Waals surface area contributed by atoms with E-state index in [9.17, 15) is 18.3 Å². The standard InChI is InChI=1S/C11H11Cl2F3O3/c1-18-6-4-3-5-7(19-2)8(6)9(17)10(12,13)11(14,15)16/h3-5,9,17H,1-2H3. The molecule has 1 unspecified atom stereocenters. The zero-order chi connectivity index (χ0) is 14.8. The van der Waals surface area contributed by atoms with Crippen LogP contribution in [0.1, 0.15) is 11.7 Å². The summed E-state index contributed by atoms with van der Waals surface area (Å²) in [5, 5.41) is 9.86. The third kappa shape index (κ3) is 3.01. The van der Waals surface area contributed by atoms with E-state index in [1.54, 1.807) is 0 Å². The van der Waals surface area contributed by atoms with Gasteiger partial charge in [0, 0.05) is 0 Å². The average Bonchev–Trinajstić information content (AvgIpc) is 2.35. The second kappa shape index (κ2) is 5.64. The van der Waals surface area contributed by atoms with Gasteiger partial charge in [-0.3, -0.25) is 0 Å². The minimum absolute atomic E-state index is 0.0122. The first-order chi connectivity index (χ1) is 8.66. The summed E-state index contributed by atoms with van der Waals surface area (Å²) in [6.07, 6.45) is -7.29. The molecule has 0 aliphatic rings. The number of ether oxygens (including phenoxy) is 2. The molecular formula is C11H11Cl2F3O3. The summed E-state index contributed by atoms with van der Waals surface area (Å²) in [5.41, 5.74) is -0.269. The molecule has 3 nitrogen and oxygen atoms in total. The number of hydrogen-bond acceptors (Lipinski definition) is 3. The third-order valence-corrected chi connectivity index (χ3v) is 3.30. The topological polar surface area (TPSA) is 38.7 Å². The van der Waals surface area contributed by atoms with Gasteiger partial charge < -0.3 is 14.6 Å². The number of methoxy groups -OCH3 is 2. The molecule has 19 heavy (non-hydrogen) atoms. The normalized spacial score (nSPS) is 14.1. The summed E-state index contributed by atoms with van der Waals surface area (Å²) in [5.74, 6) is -0.0245. The number of rotatable bonds is 4. The Hall–Kier alpha value is -0.850. The van der Waals surface area contributed by atoms with Crippen LogP contribution < -0.4 is 9.47 Å². The lowest BCUT2D eigenvalue weighted by atomic mass is 10.0. The predicted molar refractivity (Wildman–Crippen MR) is 65.0 cm³/mol. The van der Waals surface area contributed by atoms with Crippen molar-refractivity contribution in [3.8, 4) is 11.5 Å². The van der Waals surface area contributed by atoms with Gasteiger partial charge in [-0.2, -0.15) is 13.2 Å². The fraction of sp³-hybridized carbons (Fsp3) is 0.455. The smallest absolute Gasteiger partial charge is 0.424 e. The first-order valence-electron chi connectivity index (χ1n) is 5.00. The molecule has 1 aromatic carbocycles. The van der Waals surface area contributed by atoms with Crippen LogP contribution in [0.25, 0.3) is 0 Å². The lowest BCUT2D eigenvalue weighted by Crippen LogP contribution is -2.40. The zero-order valence-electron chi connectivity index (χ0n) is 9.96. The summed E-state index contributed by atoms with van der Waals surface area (Å²) < 4.78 is 44.6. The van der Waals surface area contributed by atoms with Gasteiger partial charge in [-0.15, -0.1) is 0 Å². The highest BCUT2D eigenvalue weighted by molar-refractivity contribution is 6.49. The van der Waals surface area contributed by atoms with E-state index in [4.69, 9.17) is 32.7 Å². The molecule has 0 spiro atoms. The lowest BCUT2D eigenvalue weighted by molar-refractivity contribution is -0.162. The highest BCUT2D eigenvalue weighted by Crippen LogP contribution is 2.51. The number of halogens is 5. The van der Waals surface area contributed by atoms with Gasteiger partial charge in [0.2, 0.25) is 4.33 Å².